The van der Waals surface area contributed by atoms with E-state index in [-0.39, 0.29) is 34.6 Å². The highest BCUT2D eigenvalue weighted by Crippen LogP contribution is 2.39. The average molecular weight is 449 g/mol. The lowest BCUT2D eigenvalue weighted by Gasteiger charge is -2.34. The van der Waals surface area contributed by atoms with Crippen LogP contribution in [0.5, 0.6) is 5.75 Å². The Bertz CT molecular complexity index is 825. The van der Waals surface area contributed by atoms with E-state index in [1.54, 1.807) is 0 Å². The Morgan fingerprint density at radius 1 is 1.26 bits per heavy atom. The van der Waals surface area contributed by atoms with Crippen molar-refractivity contribution in [3.63, 3.8) is 0 Å². The molecule has 0 bridgehead atoms. The fourth-order valence-corrected chi connectivity index (χ4v) is 4.07. The largest absolute Gasteiger partial charge is 0.491 e. The van der Waals surface area contributed by atoms with E-state index in [9.17, 15) is 26.4 Å². The first-order valence-corrected chi connectivity index (χ1v) is 10.4. The van der Waals surface area contributed by atoms with E-state index in [2.05, 4.69) is 4.74 Å². The number of hydrogen-bond donors (Lipinski definition) is 1. The van der Waals surface area contributed by atoms with Gasteiger partial charge in [-0.1, -0.05) is 23.2 Å². The Morgan fingerprint density at radius 3 is 2.26 bits per heavy atom. The van der Waals surface area contributed by atoms with Crippen molar-refractivity contribution in [3.05, 3.63) is 27.7 Å². The zero-order valence-corrected chi connectivity index (χ0v) is 16.4. The van der Waals surface area contributed by atoms with E-state index in [4.69, 9.17) is 28.9 Å². The van der Waals surface area contributed by atoms with Crippen LogP contribution in [0.25, 0.3) is 0 Å². The predicted octanol–water partition coefficient (Wildman–Crippen LogP) is 3.13. The number of benzene rings is 1. The maximum Gasteiger partial charge on any atom is 0.491 e. The highest BCUT2D eigenvalue weighted by Gasteiger charge is 2.42. The van der Waals surface area contributed by atoms with E-state index in [1.807, 2.05) is 0 Å². The number of hydrogen-bond acceptors (Lipinski definition) is 5. The van der Waals surface area contributed by atoms with Gasteiger partial charge in [0.05, 0.1) is 16.3 Å². The molecule has 2 rings (SSSR count). The summed E-state index contributed by atoms with van der Waals surface area (Å²) in [6.07, 6.45) is -3.31. The second-order valence-electron chi connectivity index (χ2n) is 6.22. The first kappa shape index (κ1) is 22.2. The summed E-state index contributed by atoms with van der Waals surface area (Å²) in [6, 6.07) is 1.45. The number of piperidine rings is 1. The maximum atomic E-state index is 12.5. The first-order valence-electron chi connectivity index (χ1n) is 7.79. The smallest absolute Gasteiger partial charge is 0.419 e. The molecule has 0 aliphatic carbocycles. The second kappa shape index (κ2) is 8.12. The van der Waals surface area contributed by atoms with Crippen molar-refractivity contribution in [1.82, 2.24) is 4.31 Å². The molecule has 1 heterocycles. The Hall–Kier alpha value is -1.07. The molecule has 152 valence electrons. The van der Waals surface area contributed by atoms with Gasteiger partial charge in [0.2, 0.25) is 10.0 Å². The van der Waals surface area contributed by atoms with E-state index in [1.165, 1.54) is 10.4 Å². The zero-order chi connectivity index (χ0) is 20.6. The number of carbonyl (C=O) groups is 1. The molecule has 1 aromatic carbocycles. The number of alkyl halides is 3. The fourth-order valence-electron chi connectivity index (χ4n) is 2.87. The average Bonchev–Trinajstić information content (AvgIpc) is 2.55. The number of rotatable bonds is 4. The van der Waals surface area contributed by atoms with Crippen LogP contribution in [-0.2, 0) is 14.8 Å². The molecule has 1 aliphatic rings. The summed E-state index contributed by atoms with van der Waals surface area (Å²) >= 11 is 11.8. The van der Waals surface area contributed by atoms with Crippen LogP contribution in [0.4, 0.5) is 13.2 Å². The minimum Gasteiger partial charge on any atom is -0.419 e. The van der Waals surface area contributed by atoms with Gasteiger partial charge < -0.3 is 10.5 Å². The molecule has 12 heteroatoms. The van der Waals surface area contributed by atoms with Crippen molar-refractivity contribution in [1.29, 1.82) is 0 Å². The second-order valence-corrected chi connectivity index (χ2v) is 9.01. The topological polar surface area (TPSA) is 89.7 Å². The minimum absolute atomic E-state index is 0.0440. The van der Waals surface area contributed by atoms with Crippen LogP contribution >= 0.6 is 23.2 Å². The lowest BCUT2D eigenvalue weighted by atomic mass is 9.86. The number of ether oxygens (including phenoxy) is 1. The monoisotopic (exact) mass is 448 g/mol. The molecule has 0 spiro atoms. The van der Waals surface area contributed by atoms with Gasteiger partial charge in [0.25, 0.3) is 0 Å². The predicted molar refractivity (Wildman–Crippen MR) is 94.2 cm³/mol. The SMILES string of the molecule is CS(=O)(=O)N1CCC(C(N)c2cc(Cl)c(Cl)cc2OC(=O)C(F)(F)F)CC1. The van der Waals surface area contributed by atoms with Crippen LogP contribution in [0.2, 0.25) is 10.0 Å². The highest BCUT2D eigenvalue weighted by atomic mass is 35.5. The number of nitrogens with zero attached hydrogens (tertiary/aromatic N) is 1. The number of halogens is 5. The summed E-state index contributed by atoms with van der Waals surface area (Å²) in [7, 11) is -3.33. The Morgan fingerprint density at radius 2 is 1.78 bits per heavy atom. The molecule has 6 nitrogen and oxygen atoms in total. The van der Waals surface area contributed by atoms with Crippen molar-refractivity contribution in [3.8, 4) is 5.75 Å². The molecule has 0 amide bonds. The van der Waals surface area contributed by atoms with Crippen molar-refractivity contribution < 1.29 is 31.1 Å². The molecule has 27 heavy (non-hydrogen) atoms. The summed E-state index contributed by atoms with van der Waals surface area (Å²) in [5, 5.41) is -0.0491. The van der Waals surface area contributed by atoms with Crippen LogP contribution in [-0.4, -0.2) is 44.2 Å². The summed E-state index contributed by atoms with van der Waals surface area (Å²) < 4.78 is 66.5. The molecule has 2 N–H and O–H groups in total. The first-order chi connectivity index (χ1) is 12.3. The van der Waals surface area contributed by atoms with Crippen LogP contribution in [0.1, 0.15) is 24.4 Å². The number of nitrogens with two attached hydrogens (primary N) is 1. The Balaban J connectivity index is 2.26. The van der Waals surface area contributed by atoms with Gasteiger partial charge in [0.15, 0.2) is 0 Å². The van der Waals surface area contributed by atoms with Crippen LogP contribution in [0.15, 0.2) is 12.1 Å². The summed E-state index contributed by atoms with van der Waals surface area (Å²) in [5.74, 6) is -3.07. The molecule has 1 unspecified atom stereocenters. The normalized spacial score (nSPS) is 18.3. The summed E-state index contributed by atoms with van der Waals surface area (Å²) in [5.41, 5.74) is 6.28. The lowest BCUT2D eigenvalue weighted by molar-refractivity contribution is -0.189. The van der Waals surface area contributed by atoms with Crippen molar-refractivity contribution >= 4 is 39.2 Å². The maximum absolute atomic E-state index is 12.5. The van der Waals surface area contributed by atoms with Gasteiger partial charge in [0.1, 0.15) is 5.75 Å². The standard InChI is InChI=1S/C15H17Cl2F3N2O4S/c1-27(24,25)22-4-2-8(3-5-22)13(21)9-6-10(16)11(17)7-12(9)26-14(23)15(18,19)20/h6-8,13H,2-5,21H2,1H3. The van der Waals surface area contributed by atoms with Crippen molar-refractivity contribution in [2.45, 2.75) is 25.1 Å². The molecule has 0 saturated carbocycles. The third-order valence-corrected chi connectivity index (χ3v) is 6.35. The van der Waals surface area contributed by atoms with Gasteiger partial charge >= 0.3 is 12.1 Å². The number of carbonyl (C=O) groups excluding carboxylic acids is 1. The summed E-state index contributed by atoms with van der Waals surface area (Å²) in [4.78, 5) is 11.2. The van der Waals surface area contributed by atoms with E-state index in [0.717, 1.165) is 12.3 Å². The zero-order valence-electron chi connectivity index (χ0n) is 14.1. The van der Waals surface area contributed by atoms with Gasteiger partial charge in [-0.25, -0.2) is 17.5 Å². The van der Waals surface area contributed by atoms with E-state index < -0.39 is 34.0 Å². The quantitative estimate of drug-likeness (QED) is 0.564. The Labute approximate surface area is 164 Å². The highest BCUT2D eigenvalue weighted by molar-refractivity contribution is 7.88. The van der Waals surface area contributed by atoms with Crippen LogP contribution < -0.4 is 10.5 Å². The lowest BCUT2D eigenvalue weighted by Crippen LogP contribution is -2.40. The molecule has 1 aliphatic heterocycles. The van der Waals surface area contributed by atoms with Crippen molar-refractivity contribution in [2.24, 2.45) is 11.7 Å². The van der Waals surface area contributed by atoms with Gasteiger partial charge in [-0.05, 0) is 24.8 Å². The van der Waals surface area contributed by atoms with Crippen molar-refractivity contribution in [2.75, 3.05) is 19.3 Å². The molecule has 0 radical (unpaired) electrons. The molecule has 1 saturated heterocycles. The van der Waals surface area contributed by atoms with Gasteiger partial charge in [-0.2, -0.15) is 13.2 Å². The van der Waals surface area contributed by atoms with Gasteiger partial charge in [0, 0.05) is 30.8 Å². The minimum atomic E-state index is -5.19. The van der Waals surface area contributed by atoms with E-state index in [0.29, 0.717) is 12.8 Å². The van der Waals surface area contributed by atoms with Gasteiger partial charge in [-0.3, -0.25) is 0 Å². The summed E-state index contributed by atoms with van der Waals surface area (Å²) in [6.45, 7) is 0.465. The Kier molecular flexibility index (Phi) is 6.68. The molecule has 0 aromatic heterocycles. The third kappa shape index (κ3) is 5.47. The molecule has 1 fully saturated rings. The molecule has 1 atom stereocenters. The van der Waals surface area contributed by atoms with E-state index >= 15 is 0 Å². The van der Waals surface area contributed by atoms with Gasteiger partial charge in [-0.15, -0.1) is 0 Å². The molecule has 1 aromatic rings. The van der Waals surface area contributed by atoms with Crippen LogP contribution in [0.3, 0.4) is 0 Å². The number of esters is 1. The third-order valence-electron chi connectivity index (χ3n) is 4.32. The fraction of sp³-hybridized carbons (Fsp3) is 0.533. The molecular weight excluding hydrogens is 432 g/mol. The molecular formula is C15H17Cl2F3N2O4S. The van der Waals surface area contributed by atoms with Crippen LogP contribution in [0, 0.1) is 5.92 Å². The number of sulfonamides is 1.